The van der Waals surface area contributed by atoms with Gasteiger partial charge in [-0.05, 0) is 49.2 Å². The summed E-state index contributed by atoms with van der Waals surface area (Å²) in [6, 6.07) is 12.6. The van der Waals surface area contributed by atoms with Crippen molar-refractivity contribution in [3.63, 3.8) is 0 Å². The highest BCUT2D eigenvalue weighted by Crippen LogP contribution is 2.19. The summed E-state index contributed by atoms with van der Waals surface area (Å²) in [5.74, 6) is 0.776. The quantitative estimate of drug-likeness (QED) is 0.930. The lowest BCUT2D eigenvalue weighted by molar-refractivity contribution is 0.0718. The van der Waals surface area contributed by atoms with Crippen molar-refractivity contribution in [2.24, 2.45) is 0 Å². The molecule has 1 aromatic carbocycles. The van der Waals surface area contributed by atoms with Gasteiger partial charge in [0.05, 0.1) is 11.6 Å². The monoisotopic (exact) mass is 340 g/mol. The van der Waals surface area contributed by atoms with Crippen molar-refractivity contribution in [2.75, 3.05) is 18.4 Å². The average Bonchev–Trinajstić information content (AvgIpc) is 2.62. The smallest absolute Gasteiger partial charge is 0.253 e. The van der Waals surface area contributed by atoms with Gasteiger partial charge >= 0.3 is 0 Å². The van der Waals surface area contributed by atoms with Crippen LogP contribution in [0, 0.1) is 11.3 Å². The minimum Gasteiger partial charge on any atom is -0.367 e. The number of carbonyl (C=O) groups excluding carboxylic acids is 1. The van der Waals surface area contributed by atoms with E-state index in [0.29, 0.717) is 29.2 Å². The number of piperidine rings is 1. The Labute approximate surface area is 145 Å². The number of nitrogens with zero attached hydrogens (tertiary/aromatic N) is 3. The molecule has 1 aliphatic rings. The van der Waals surface area contributed by atoms with Crippen LogP contribution in [0.25, 0.3) is 0 Å². The van der Waals surface area contributed by atoms with Gasteiger partial charge in [0.1, 0.15) is 5.82 Å². The summed E-state index contributed by atoms with van der Waals surface area (Å²) < 4.78 is 0. The summed E-state index contributed by atoms with van der Waals surface area (Å²) in [6.07, 6.45) is 3.39. The Morgan fingerprint density at radius 1 is 1.25 bits per heavy atom. The molecule has 0 unspecified atom stereocenters. The Morgan fingerprint density at radius 3 is 2.58 bits per heavy atom. The number of aromatic nitrogens is 1. The molecule has 0 bridgehead atoms. The Bertz CT molecular complexity index is 761. The van der Waals surface area contributed by atoms with Gasteiger partial charge in [-0.25, -0.2) is 4.98 Å². The molecule has 0 spiro atoms. The highest BCUT2D eigenvalue weighted by Gasteiger charge is 2.23. The Kier molecular flexibility index (Phi) is 4.97. The SMILES string of the molecule is N#Cc1ccc(C(=O)N2CCC(Nc3cc(Cl)ccn3)CC2)cc1. The molecule has 0 aliphatic carbocycles. The van der Waals surface area contributed by atoms with Crippen LogP contribution in [0.1, 0.15) is 28.8 Å². The summed E-state index contributed by atoms with van der Waals surface area (Å²) >= 11 is 5.96. The molecule has 1 aromatic heterocycles. The number of rotatable bonds is 3. The summed E-state index contributed by atoms with van der Waals surface area (Å²) in [6.45, 7) is 1.38. The van der Waals surface area contributed by atoms with Crippen LogP contribution in [0.3, 0.4) is 0 Å². The van der Waals surface area contributed by atoms with Gasteiger partial charge in [0.25, 0.3) is 5.91 Å². The number of halogens is 1. The molecular weight excluding hydrogens is 324 g/mol. The molecule has 1 aliphatic heterocycles. The number of nitrogens with one attached hydrogen (secondary N) is 1. The fourth-order valence-electron chi connectivity index (χ4n) is 2.79. The molecule has 0 saturated carbocycles. The zero-order chi connectivity index (χ0) is 16.9. The number of carbonyl (C=O) groups is 1. The summed E-state index contributed by atoms with van der Waals surface area (Å²) in [5.41, 5.74) is 1.18. The van der Waals surface area contributed by atoms with Crippen LogP contribution in [0.5, 0.6) is 0 Å². The fraction of sp³-hybridized carbons (Fsp3) is 0.278. The van der Waals surface area contributed by atoms with Gasteiger partial charge in [0, 0.05) is 35.9 Å². The van der Waals surface area contributed by atoms with Crippen molar-refractivity contribution in [3.8, 4) is 6.07 Å². The van der Waals surface area contributed by atoms with Gasteiger partial charge in [-0.1, -0.05) is 11.6 Å². The molecule has 122 valence electrons. The number of amides is 1. The van der Waals surface area contributed by atoms with Crippen molar-refractivity contribution >= 4 is 23.3 Å². The Hall–Kier alpha value is -2.58. The third kappa shape index (κ3) is 3.84. The van der Waals surface area contributed by atoms with Crippen molar-refractivity contribution in [3.05, 3.63) is 58.7 Å². The van der Waals surface area contributed by atoms with Gasteiger partial charge < -0.3 is 10.2 Å². The summed E-state index contributed by atoms with van der Waals surface area (Å²) in [7, 11) is 0. The number of likely N-dealkylation sites (tertiary alicyclic amines) is 1. The minimum atomic E-state index is 0.0128. The van der Waals surface area contributed by atoms with Gasteiger partial charge in [-0.15, -0.1) is 0 Å². The molecule has 2 aromatic rings. The van der Waals surface area contributed by atoms with E-state index in [9.17, 15) is 4.79 Å². The molecule has 5 nitrogen and oxygen atoms in total. The van der Waals surface area contributed by atoms with Gasteiger partial charge in [0.2, 0.25) is 0 Å². The zero-order valence-electron chi connectivity index (χ0n) is 13.1. The van der Waals surface area contributed by atoms with E-state index in [1.807, 2.05) is 4.90 Å². The van der Waals surface area contributed by atoms with Crippen LogP contribution >= 0.6 is 11.6 Å². The summed E-state index contributed by atoms with van der Waals surface area (Å²) in [4.78, 5) is 18.6. The maximum absolute atomic E-state index is 12.5. The average molecular weight is 341 g/mol. The second kappa shape index (κ2) is 7.33. The predicted molar refractivity (Wildman–Crippen MR) is 93.0 cm³/mol. The van der Waals surface area contributed by atoms with Crippen molar-refractivity contribution in [1.29, 1.82) is 5.26 Å². The second-order valence-electron chi connectivity index (χ2n) is 5.76. The van der Waals surface area contributed by atoms with E-state index in [-0.39, 0.29) is 11.9 Å². The molecule has 2 heterocycles. The first-order valence-corrected chi connectivity index (χ1v) is 8.21. The van der Waals surface area contributed by atoms with E-state index in [2.05, 4.69) is 16.4 Å². The molecule has 0 atom stereocenters. The topological polar surface area (TPSA) is 69.0 Å². The summed E-state index contributed by atoms with van der Waals surface area (Å²) in [5, 5.41) is 12.8. The van der Waals surface area contributed by atoms with Crippen LogP contribution in [-0.2, 0) is 0 Å². The van der Waals surface area contributed by atoms with E-state index in [0.717, 1.165) is 18.7 Å². The third-order valence-corrected chi connectivity index (χ3v) is 4.35. The Balaban J connectivity index is 1.56. The second-order valence-corrected chi connectivity index (χ2v) is 6.20. The predicted octanol–water partition coefficient (Wildman–Crippen LogP) is 3.32. The number of anilines is 1. The molecule has 3 rings (SSSR count). The highest BCUT2D eigenvalue weighted by molar-refractivity contribution is 6.30. The minimum absolute atomic E-state index is 0.0128. The van der Waals surface area contributed by atoms with Crippen molar-refractivity contribution < 1.29 is 4.79 Å². The normalized spacial score (nSPS) is 14.9. The first-order chi connectivity index (χ1) is 11.7. The molecule has 6 heteroatoms. The first-order valence-electron chi connectivity index (χ1n) is 7.83. The van der Waals surface area contributed by atoms with E-state index >= 15 is 0 Å². The number of pyridine rings is 1. The van der Waals surface area contributed by atoms with Crippen LogP contribution in [0.15, 0.2) is 42.6 Å². The first kappa shape index (κ1) is 16.3. The molecule has 1 amide bonds. The lowest BCUT2D eigenvalue weighted by Crippen LogP contribution is -2.42. The fourth-order valence-corrected chi connectivity index (χ4v) is 2.95. The standard InChI is InChI=1S/C18H17ClN4O/c19-15-5-8-21-17(11-15)22-16-6-9-23(10-7-16)18(24)14-3-1-13(12-20)2-4-14/h1-5,8,11,16H,6-7,9-10H2,(H,21,22). The molecule has 24 heavy (non-hydrogen) atoms. The maximum atomic E-state index is 12.5. The van der Waals surface area contributed by atoms with Gasteiger partial charge in [0.15, 0.2) is 0 Å². The molecule has 1 N–H and O–H groups in total. The van der Waals surface area contributed by atoms with Crippen LogP contribution in [0.4, 0.5) is 5.82 Å². The van der Waals surface area contributed by atoms with E-state index in [4.69, 9.17) is 16.9 Å². The van der Waals surface area contributed by atoms with Crippen LogP contribution in [-0.4, -0.2) is 34.9 Å². The maximum Gasteiger partial charge on any atom is 0.253 e. The van der Waals surface area contributed by atoms with Crippen LogP contribution < -0.4 is 5.32 Å². The highest BCUT2D eigenvalue weighted by atomic mass is 35.5. The zero-order valence-corrected chi connectivity index (χ0v) is 13.8. The largest absolute Gasteiger partial charge is 0.367 e. The Morgan fingerprint density at radius 2 is 1.96 bits per heavy atom. The molecule has 1 fully saturated rings. The van der Waals surface area contributed by atoms with Crippen LogP contribution in [0.2, 0.25) is 5.02 Å². The lowest BCUT2D eigenvalue weighted by atomic mass is 10.0. The molecular formula is C18H17ClN4O. The molecule has 0 radical (unpaired) electrons. The van der Waals surface area contributed by atoms with E-state index < -0.39 is 0 Å². The third-order valence-electron chi connectivity index (χ3n) is 4.12. The van der Waals surface area contributed by atoms with E-state index in [1.54, 1.807) is 42.6 Å². The number of benzene rings is 1. The number of hydrogen-bond donors (Lipinski definition) is 1. The number of hydrogen-bond acceptors (Lipinski definition) is 4. The molecule has 1 saturated heterocycles. The van der Waals surface area contributed by atoms with Crippen molar-refractivity contribution in [1.82, 2.24) is 9.88 Å². The van der Waals surface area contributed by atoms with Gasteiger partial charge in [-0.2, -0.15) is 5.26 Å². The van der Waals surface area contributed by atoms with Gasteiger partial charge in [-0.3, -0.25) is 4.79 Å². The number of nitriles is 1. The van der Waals surface area contributed by atoms with E-state index in [1.165, 1.54) is 0 Å². The lowest BCUT2D eigenvalue weighted by Gasteiger charge is -2.32. The van der Waals surface area contributed by atoms with Crippen molar-refractivity contribution in [2.45, 2.75) is 18.9 Å².